The van der Waals surface area contributed by atoms with Crippen LogP contribution in [0.25, 0.3) is 0 Å². The smallest absolute Gasteiger partial charge is 0.251 e. The fourth-order valence-electron chi connectivity index (χ4n) is 3.63. The van der Waals surface area contributed by atoms with Crippen molar-refractivity contribution in [2.24, 2.45) is 5.92 Å². The van der Waals surface area contributed by atoms with Gasteiger partial charge in [0.1, 0.15) is 6.04 Å². The number of carbonyl (C=O) groups is 2. The molecule has 174 valence electrons. The minimum absolute atomic E-state index is 0.0169. The Kier molecular flexibility index (Phi) is 7.69. The predicted molar refractivity (Wildman–Crippen MR) is 131 cm³/mol. The van der Waals surface area contributed by atoms with E-state index in [1.54, 1.807) is 6.20 Å². The average Bonchev–Trinajstić information content (AvgIpc) is 3.29. The van der Waals surface area contributed by atoms with E-state index in [4.69, 9.17) is 0 Å². The van der Waals surface area contributed by atoms with Crippen LogP contribution >= 0.6 is 0 Å². The van der Waals surface area contributed by atoms with Crippen LogP contribution in [0.15, 0.2) is 67.0 Å². The van der Waals surface area contributed by atoms with Crippen LogP contribution in [0.1, 0.15) is 61.7 Å². The zero-order valence-electron chi connectivity index (χ0n) is 20.1. The van der Waals surface area contributed by atoms with Gasteiger partial charge in [-0.25, -0.2) is 0 Å². The van der Waals surface area contributed by atoms with Gasteiger partial charge in [0.15, 0.2) is 0 Å². The summed E-state index contributed by atoms with van der Waals surface area (Å²) >= 11 is 0. The van der Waals surface area contributed by atoms with E-state index in [0.29, 0.717) is 18.7 Å². The van der Waals surface area contributed by atoms with Gasteiger partial charge in [0.2, 0.25) is 5.91 Å². The highest BCUT2D eigenvalue weighted by atomic mass is 16.2. The zero-order valence-corrected chi connectivity index (χ0v) is 20.1. The summed E-state index contributed by atoms with van der Waals surface area (Å²) in [4.78, 5) is 25.8. The van der Waals surface area contributed by atoms with Gasteiger partial charge in [-0.1, -0.05) is 71.0 Å². The molecule has 0 aliphatic carbocycles. The largest absolute Gasteiger partial charge is 0.350 e. The molecule has 6 nitrogen and oxygen atoms in total. The van der Waals surface area contributed by atoms with E-state index in [2.05, 4.69) is 36.5 Å². The first-order valence-electron chi connectivity index (χ1n) is 11.4. The predicted octanol–water partition coefficient (Wildman–Crippen LogP) is 4.30. The number of nitrogens with zero attached hydrogens (tertiary/aromatic N) is 2. The molecule has 33 heavy (non-hydrogen) atoms. The molecule has 0 spiro atoms. The lowest BCUT2D eigenvalue weighted by Gasteiger charge is -2.23. The molecule has 1 atom stereocenters. The second-order valence-electron chi connectivity index (χ2n) is 9.71. The quantitative estimate of drug-likeness (QED) is 0.542. The van der Waals surface area contributed by atoms with Crippen molar-refractivity contribution in [3.63, 3.8) is 0 Å². The number of nitrogens with one attached hydrogen (secondary N) is 2. The lowest BCUT2D eigenvalue weighted by Crippen LogP contribution is -2.49. The molecule has 3 rings (SSSR count). The minimum atomic E-state index is -0.627. The van der Waals surface area contributed by atoms with Crippen molar-refractivity contribution in [1.82, 2.24) is 20.4 Å². The second kappa shape index (κ2) is 10.5. The Labute approximate surface area is 196 Å². The third-order valence-corrected chi connectivity index (χ3v) is 5.71. The summed E-state index contributed by atoms with van der Waals surface area (Å²) < 4.78 is 1.85. The van der Waals surface area contributed by atoms with Crippen LogP contribution in [0.4, 0.5) is 0 Å². The molecule has 6 heteroatoms. The van der Waals surface area contributed by atoms with Gasteiger partial charge >= 0.3 is 0 Å². The first kappa shape index (κ1) is 24.2. The maximum atomic E-state index is 13.0. The Morgan fingerprint density at radius 3 is 2.21 bits per heavy atom. The molecule has 0 radical (unpaired) electrons. The van der Waals surface area contributed by atoms with Crippen LogP contribution in [0.2, 0.25) is 0 Å². The van der Waals surface area contributed by atoms with Gasteiger partial charge in [-0.05, 0) is 46.2 Å². The van der Waals surface area contributed by atoms with Crippen LogP contribution in [0.3, 0.4) is 0 Å². The number of hydrogen-bond acceptors (Lipinski definition) is 3. The number of rotatable bonds is 8. The van der Waals surface area contributed by atoms with Crippen LogP contribution < -0.4 is 10.6 Å². The molecule has 1 heterocycles. The molecule has 0 aliphatic heterocycles. The second-order valence-corrected chi connectivity index (χ2v) is 9.71. The summed E-state index contributed by atoms with van der Waals surface area (Å²) in [5.74, 6) is -0.496. The fourth-order valence-corrected chi connectivity index (χ4v) is 3.63. The molecule has 2 aromatic carbocycles. The molecule has 2 amide bonds. The normalized spacial score (nSPS) is 12.4. The van der Waals surface area contributed by atoms with Crippen molar-refractivity contribution in [1.29, 1.82) is 0 Å². The van der Waals surface area contributed by atoms with Gasteiger partial charge in [0.25, 0.3) is 5.91 Å². The topological polar surface area (TPSA) is 76.0 Å². The van der Waals surface area contributed by atoms with Gasteiger partial charge in [0.05, 0.1) is 6.54 Å². The Morgan fingerprint density at radius 2 is 1.64 bits per heavy atom. The van der Waals surface area contributed by atoms with E-state index >= 15 is 0 Å². The molecule has 0 saturated heterocycles. The fraction of sp³-hybridized carbons (Fsp3) is 0.370. The van der Waals surface area contributed by atoms with Gasteiger partial charge in [0, 0.05) is 24.5 Å². The Balaban J connectivity index is 1.64. The van der Waals surface area contributed by atoms with Gasteiger partial charge in [-0.3, -0.25) is 14.3 Å². The summed E-state index contributed by atoms with van der Waals surface area (Å²) in [5, 5.41) is 10.2. The van der Waals surface area contributed by atoms with Gasteiger partial charge in [-0.15, -0.1) is 0 Å². The Morgan fingerprint density at radius 1 is 0.970 bits per heavy atom. The standard InChI is InChI=1S/C27H34N4O2/c1-19(2)24(30-25(32)20-11-13-23(14-12-20)27(3,4)5)26(33)28-17-21-9-6-7-10-22(21)18-31-16-8-15-29-31/h6-16,19,24H,17-18H2,1-5H3,(H,28,33)(H,30,32)/t24-/m0/s1. The summed E-state index contributed by atoms with van der Waals surface area (Å²) in [7, 11) is 0. The summed E-state index contributed by atoms with van der Waals surface area (Å²) in [6.45, 7) is 11.3. The molecule has 3 aromatic rings. The first-order valence-corrected chi connectivity index (χ1v) is 11.4. The minimum Gasteiger partial charge on any atom is -0.350 e. The van der Waals surface area contributed by atoms with Crippen molar-refractivity contribution in [3.8, 4) is 0 Å². The average molecular weight is 447 g/mol. The van der Waals surface area contributed by atoms with E-state index in [1.807, 2.05) is 79.3 Å². The molecule has 0 aliphatic rings. The highest BCUT2D eigenvalue weighted by Gasteiger charge is 2.25. The highest BCUT2D eigenvalue weighted by molar-refractivity contribution is 5.97. The van der Waals surface area contributed by atoms with Crippen molar-refractivity contribution in [2.75, 3.05) is 0 Å². The zero-order chi connectivity index (χ0) is 24.0. The number of benzene rings is 2. The third-order valence-electron chi connectivity index (χ3n) is 5.71. The molecular formula is C27H34N4O2. The summed E-state index contributed by atoms with van der Waals surface area (Å²) in [5.41, 5.74) is 3.83. The molecule has 0 saturated carbocycles. The van der Waals surface area contributed by atoms with Crippen molar-refractivity contribution >= 4 is 11.8 Å². The van der Waals surface area contributed by atoms with Crippen LogP contribution in [0.5, 0.6) is 0 Å². The molecule has 0 unspecified atom stereocenters. The van der Waals surface area contributed by atoms with Crippen LogP contribution in [0, 0.1) is 5.92 Å². The maximum Gasteiger partial charge on any atom is 0.251 e. The third kappa shape index (κ3) is 6.54. The highest BCUT2D eigenvalue weighted by Crippen LogP contribution is 2.22. The molecule has 2 N–H and O–H groups in total. The van der Waals surface area contributed by atoms with E-state index in [1.165, 1.54) is 0 Å². The van der Waals surface area contributed by atoms with Crippen LogP contribution in [-0.4, -0.2) is 27.6 Å². The van der Waals surface area contributed by atoms with E-state index < -0.39 is 6.04 Å². The summed E-state index contributed by atoms with van der Waals surface area (Å²) in [6.07, 6.45) is 3.66. The Hall–Kier alpha value is -3.41. The molecular weight excluding hydrogens is 412 g/mol. The number of aromatic nitrogens is 2. The first-order chi connectivity index (χ1) is 15.6. The van der Waals surface area contributed by atoms with E-state index in [0.717, 1.165) is 16.7 Å². The van der Waals surface area contributed by atoms with Gasteiger partial charge in [-0.2, -0.15) is 5.10 Å². The SMILES string of the molecule is CC(C)[C@H](NC(=O)c1ccc(C(C)(C)C)cc1)C(=O)NCc1ccccc1Cn1cccn1. The van der Waals surface area contributed by atoms with Crippen molar-refractivity contribution in [2.45, 2.75) is 59.2 Å². The van der Waals surface area contributed by atoms with E-state index in [9.17, 15) is 9.59 Å². The lowest BCUT2D eigenvalue weighted by atomic mass is 9.86. The number of hydrogen-bond donors (Lipinski definition) is 2. The number of amides is 2. The van der Waals surface area contributed by atoms with Crippen molar-refractivity contribution in [3.05, 3.63) is 89.2 Å². The Bertz CT molecular complexity index is 1060. The monoisotopic (exact) mass is 446 g/mol. The molecule has 0 bridgehead atoms. The van der Waals surface area contributed by atoms with Gasteiger partial charge < -0.3 is 10.6 Å². The van der Waals surface area contributed by atoms with Crippen LogP contribution in [-0.2, 0) is 23.3 Å². The number of carbonyl (C=O) groups excluding carboxylic acids is 2. The maximum absolute atomic E-state index is 13.0. The summed E-state index contributed by atoms with van der Waals surface area (Å²) in [6, 6.07) is 16.8. The van der Waals surface area contributed by atoms with Crippen molar-refractivity contribution < 1.29 is 9.59 Å². The molecule has 0 fully saturated rings. The lowest BCUT2D eigenvalue weighted by molar-refractivity contribution is -0.124. The molecule has 1 aromatic heterocycles. The van der Waals surface area contributed by atoms with E-state index in [-0.39, 0.29) is 23.1 Å².